The number of nitrogens with one attached hydrogen (secondary N) is 2. The second-order valence-corrected chi connectivity index (χ2v) is 5.90. The second-order valence-electron chi connectivity index (χ2n) is 5.90. The number of ether oxygens (including phenoxy) is 1. The summed E-state index contributed by atoms with van der Waals surface area (Å²) in [4.78, 5) is 4.46. The maximum absolute atomic E-state index is 12.5. The molecule has 0 saturated heterocycles. The van der Waals surface area contributed by atoms with Crippen molar-refractivity contribution >= 4 is 11.6 Å². The lowest BCUT2D eigenvalue weighted by Crippen LogP contribution is -2.38. The molecule has 148 valence electrons. The fraction of sp³-hybridized carbons (Fsp3) is 0.316. The number of pyridine rings is 1. The summed E-state index contributed by atoms with van der Waals surface area (Å²) in [7, 11) is 0. The molecule has 28 heavy (non-hydrogen) atoms. The van der Waals surface area contributed by atoms with Crippen molar-refractivity contribution in [2.24, 2.45) is 4.99 Å². The number of guanidine groups is 1. The third-order valence-electron chi connectivity index (χ3n) is 3.97. The Kier molecular flexibility index (Phi) is 6.72. The van der Waals surface area contributed by atoms with Gasteiger partial charge in [0, 0.05) is 31.3 Å². The van der Waals surface area contributed by atoms with E-state index in [1.807, 2.05) is 35.7 Å². The van der Waals surface area contributed by atoms with Crippen molar-refractivity contribution in [1.29, 1.82) is 0 Å². The summed E-state index contributed by atoms with van der Waals surface area (Å²) < 4.78 is 31.6. The van der Waals surface area contributed by atoms with Gasteiger partial charge in [-0.05, 0) is 25.1 Å². The fourth-order valence-electron chi connectivity index (χ4n) is 2.71. The number of halogens is 2. The highest BCUT2D eigenvalue weighted by atomic mass is 19.3. The SMILES string of the molecule is CCNC(=NCc1ccccc1OC(F)F)NCCc1nnc2ccccn12. The Morgan fingerprint density at radius 1 is 1.14 bits per heavy atom. The summed E-state index contributed by atoms with van der Waals surface area (Å²) in [5.41, 5.74) is 1.39. The zero-order valence-electron chi connectivity index (χ0n) is 15.5. The number of nitrogens with zero attached hydrogens (tertiary/aromatic N) is 4. The van der Waals surface area contributed by atoms with Gasteiger partial charge in [-0.2, -0.15) is 8.78 Å². The Balaban J connectivity index is 1.62. The normalized spacial score (nSPS) is 11.8. The van der Waals surface area contributed by atoms with Crippen molar-refractivity contribution in [2.45, 2.75) is 26.5 Å². The quantitative estimate of drug-likeness (QED) is 0.458. The molecule has 9 heteroatoms. The number of fused-ring (bicyclic) bond motifs is 1. The van der Waals surface area contributed by atoms with Crippen LogP contribution in [0.5, 0.6) is 5.75 Å². The van der Waals surface area contributed by atoms with Crippen LogP contribution in [-0.2, 0) is 13.0 Å². The van der Waals surface area contributed by atoms with Crippen LogP contribution < -0.4 is 15.4 Å². The third-order valence-corrected chi connectivity index (χ3v) is 3.97. The maximum Gasteiger partial charge on any atom is 0.387 e. The molecule has 1 aromatic carbocycles. The number of hydrogen-bond acceptors (Lipinski definition) is 4. The van der Waals surface area contributed by atoms with Crippen LogP contribution in [0.2, 0.25) is 0 Å². The molecule has 2 aromatic heterocycles. The number of alkyl halides is 2. The van der Waals surface area contributed by atoms with Crippen LogP contribution in [0.3, 0.4) is 0 Å². The summed E-state index contributed by atoms with van der Waals surface area (Å²) in [5, 5.41) is 14.7. The molecule has 0 bridgehead atoms. The van der Waals surface area contributed by atoms with Crippen molar-refractivity contribution in [3.8, 4) is 5.75 Å². The Labute approximate surface area is 161 Å². The van der Waals surface area contributed by atoms with Crippen molar-refractivity contribution in [1.82, 2.24) is 25.2 Å². The van der Waals surface area contributed by atoms with Crippen molar-refractivity contribution in [3.05, 3.63) is 60.0 Å². The maximum atomic E-state index is 12.5. The topological polar surface area (TPSA) is 75.8 Å². The van der Waals surface area contributed by atoms with E-state index in [1.54, 1.807) is 18.2 Å². The third kappa shape index (κ3) is 5.15. The molecule has 3 rings (SSSR count). The van der Waals surface area contributed by atoms with Gasteiger partial charge in [0.05, 0.1) is 6.54 Å². The number of benzene rings is 1. The van der Waals surface area contributed by atoms with Gasteiger partial charge in [0.15, 0.2) is 11.6 Å². The molecule has 0 aliphatic rings. The van der Waals surface area contributed by atoms with Crippen LogP contribution in [-0.4, -0.2) is 40.3 Å². The molecule has 0 spiro atoms. The Bertz CT molecular complexity index is 927. The first-order chi connectivity index (χ1) is 13.7. The minimum Gasteiger partial charge on any atom is -0.434 e. The predicted octanol–water partition coefficient (Wildman–Crippen LogP) is 2.63. The summed E-state index contributed by atoms with van der Waals surface area (Å²) >= 11 is 0. The number of aromatic nitrogens is 3. The van der Waals surface area contributed by atoms with Gasteiger partial charge in [-0.15, -0.1) is 10.2 Å². The Morgan fingerprint density at radius 2 is 1.96 bits per heavy atom. The second kappa shape index (κ2) is 9.63. The fourth-order valence-corrected chi connectivity index (χ4v) is 2.71. The van der Waals surface area contributed by atoms with E-state index in [0.29, 0.717) is 31.0 Å². The Hall–Kier alpha value is -3.23. The first-order valence-corrected chi connectivity index (χ1v) is 9.01. The summed E-state index contributed by atoms with van der Waals surface area (Å²) in [6.07, 6.45) is 2.57. The zero-order chi connectivity index (χ0) is 19.8. The predicted molar refractivity (Wildman–Crippen MR) is 103 cm³/mol. The minimum absolute atomic E-state index is 0.132. The van der Waals surface area contributed by atoms with Crippen molar-refractivity contribution in [2.75, 3.05) is 13.1 Å². The number of rotatable bonds is 8. The lowest BCUT2D eigenvalue weighted by atomic mass is 10.2. The van der Waals surface area contributed by atoms with E-state index >= 15 is 0 Å². The molecule has 0 aliphatic carbocycles. The number of hydrogen-bond donors (Lipinski definition) is 2. The van der Waals surface area contributed by atoms with Crippen LogP contribution in [0.15, 0.2) is 53.7 Å². The highest BCUT2D eigenvalue weighted by Gasteiger charge is 2.09. The van der Waals surface area contributed by atoms with Crippen molar-refractivity contribution < 1.29 is 13.5 Å². The van der Waals surface area contributed by atoms with Gasteiger partial charge in [0.25, 0.3) is 0 Å². The highest BCUT2D eigenvalue weighted by molar-refractivity contribution is 5.79. The molecule has 0 radical (unpaired) electrons. The molecule has 0 unspecified atom stereocenters. The van der Waals surface area contributed by atoms with E-state index in [-0.39, 0.29) is 12.3 Å². The first-order valence-electron chi connectivity index (χ1n) is 9.01. The van der Waals surface area contributed by atoms with Gasteiger partial charge < -0.3 is 15.4 Å². The van der Waals surface area contributed by atoms with Crippen LogP contribution in [0.25, 0.3) is 5.65 Å². The van der Waals surface area contributed by atoms with Gasteiger partial charge in [0.2, 0.25) is 0 Å². The van der Waals surface area contributed by atoms with Crippen LogP contribution in [0.1, 0.15) is 18.3 Å². The molecule has 2 heterocycles. The van der Waals surface area contributed by atoms with Gasteiger partial charge >= 0.3 is 6.61 Å². The van der Waals surface area contributed by atoms with E-state index < -0.39 is 6.61 Å². The van der Waals surface area contributed by atoms with Crippen molar-refractivity contribution in [3.63, 3.8) is 0 Å². The van der Waals surface area contributed by atoms with E-state index in [0.717, 1.165) is 11.5 Å². The van der Waals surface area contributed by atoms with Crippen LogP contribution in [0.4, 0.5) is 8.78 Å². The average molecular weight is 388 g/mol. The largest absolute Gasteiger partial charge is 0.434 e. The van der Waals surface area contributed by atoms with E-state index in [1.165, 1.54) is 6.07 Å². The first kappa shape index (κ1) is 19.5. The molecule has 0 atom stereocenters. The van der Waals surface area contributed by atoms with Gasteiger partial charge in [-0.3, -0.25) is 4.40 Å². The number of para-hydroxylation sites is 1. The number of aliphatic imine (C=N–C) groups is 1. The molecule has 3 aromatic rings. The molecule has 7 nitrogen and oxygen atoms in total. The molecular weight excluding hydrogens is 366 g/mol. The lowest BCUT2D eigenvalue weighted by molar-refractivity contribution is -0.0504. The summed E-state index contributed by atoms with van der Waals surface area (Å²) in [6, 6.07) is 12.4. The molecular formula is C19H22F2N6O. The summed E-state index contributed by atoms with van der Waals surface area (Å²) in [6.45, 7) is 0.573. The monoisotopic (exact) mass is 388 g/mol. The highest BCUT2D eigenvalue weighted by Crippen LogP contribution is 2.20. The van der Waals surface area contributed by atoms with Gasteiger partial charge in [0.1, 0.15) is 11.6 Å². The molecule has 0 fully saturated rings. The van der Waals surface area contributed by atoms with Crippen LogP contribution >= 0.6 is 0 Å². The smallest absolute Gasteiger partial charge is 0.387 e. The van der Waals surface area contributed by atoms with Gasteiger partial charge in [-0.25, -0.2) is 4.99 Å². The van der Waals surface area contributed by atoms with E-state index in [4.69, 9.17) is 0 Å². The van der Waals surface area contributed by atoms with E-state index in [9.17, 15) is 8.78 Å². The molecule has 0 amide bonds. The Morgan fingerprint density at radius 3 is 2.79 bits per heavy atom. The molecule has 0 saturated carbocycles. The molecule has 0 aliphatic heterocycles. The van der Waals surface area contributed by atoms with E-state index in [2.05, 4.69) is 30.6 Å². The standard InChI is InChI=1S/C19H22F2N6O/c1-2-22-19(24-13-14-7-3-4-8-15(14)28-18(20)21)23-11-10-17-26-25-16-9-5-6-12-27(16)17/h3-9,12,18H,2,10-11,13H2,1H3,(H2,22,23,24). The van der Waals surface area contributed by atoms with Gasteiger partial charge in [-0.1, -0.05) is 24.3 Å². The summed E-state index contributed by atoms with van der Waals surface area (Å²) in [5.74, 6) is 1.56. The van der Waals surface area contributed by atoms with Crippen LogP contribution in [0, 0.1) is 0 Å². The minimum atomic E-state index is -2.87. The zero-order valence-corrected chi connectivity index (χ0v) is 15.5. The molecule has 2 N–H and O–H groups in total. The lowest BCUT2D eigenvalue weighted by Gasteiger charge is -2.12. The average Bonchev–Trinajstić information content (AvgIpc) is 3.10.